The number of carbonyl (C=O) groups excluding carboxylic acids is 1. The van der Waals surface area contributed by atoms with E-state index in [9.17, 15) is 9.59 Å². The van der Waals surface area contributed by atoms with E-state index in [0.29, 0.717) is 18.5 Å². The van der Waals surface area contributed by atoms with E-state index in [1.165, 1.54) is 30.6 Å². The molecular formula is C13H14N4O3. The lowest BCUT2D eigenvalue weighted by atomic mass is 10.1. The molecule has 1 heterocycles. The van der Waals surface area contributed by atoms with Crippen molar-refractivity contribution >= 4 is 11.9 Å². The van der Waals surface area contributed by atoms with Crippen molar-refractivity contribution in [3.05, 3.63) is 47.5 Å². The number of H-pyrrole nitrogens is 1. The van der Waals surface area contributed by atoms with Gasteiger partial charge in [-0.05, 0) is 30.7 Å². The number of aromatic carboxylic acids is 1. The summed E-state index contributed by atoms with van der Waals surface area (Å²) < 4.78 is 0. The van der Waals surface area contributed by atoms with Gasteiger partial charge in [-0.25, -0.2) is 9.78 Å². The number of aromatic nitrogens is 3. The first-order valence-corrected chi connectivity index (χ1v) is 6.12. The third-order valence-electron chi connectivity index (χ3n) is 2.73. The third-order valence-corrected chi connectivity index (χ3v) is 2.73. The Morgan fingerprint density at radius 3 is 2.50 bits per heavy atom. The van der Waals surface area contributed by atoms with Crippen molar-refractivity contribution in [3.63, 3.8) is 0 Å². The van der Waals surface area contributed by atoms with E-state index in [0.717, 1.165) is 12.2 Å². The van der Waals surface area contributed by atoms with E-state index < -0.39 is 5.97 Å². The zero-order valence-corrected chi connectivity index (χ0v) is 10.7. The number of carbonyl (C=O) groups is 2. The van der Waals surface area contributed by atoms with Gasteiger partial charge < -0.3 is 10.4 Å². The van der Waals surface area contributed by atoms with Crippen molar-refractivity contribution in [2.75, 3.05) is 6.54 Å². The van der Waals surface area contributed by atoms with Crippen LogP contribution < -0.4 is 5.32 Å². The van der Waals surface area contributed by atoms with Crippen LogP contribution in [0.2, 0.25) is 0 Å². The van der Waals surface area contributed by atoms with E-state index in [-0.39, 0.29) is 11.5 Å². The summed E-state index contributed by atoms with van der Waals surface area (Å²) in [6, 6.07) is 5.81. The summed E-state index contributed by atoms with van der Waals surface area (Å²) in [5.74, 6) is -0.450. The van der Waals surface area contributed by atoms with Crippen LogP contribution >= 0.6 is 0 Å². The summed E-state index contributed by atoms with van der Waals surface area (Å²) in [6.07, 6.45) is 2.89. The van der Waals surface area contributed by atoms with Gasteiger partial charge in [-0.1, -0.05) is 0 Å². The van der Waals surface area contributed by atoms with Crippen molar-refractivity contribution in [3.8, 4) is 0 Å². The molecule has 104 valence electrons. The van der Waals surface area contributed by atoms with Crippen LogP contribution in [-0.2, 0) is 6.42 Å². The summed E-state index contributed by atoms with van der Waals surface area (Å²) in [4.78, 5) is 26.5. The molecule has 0 aliphatic carbocycles. The lowest BCUT2D eigenvalue weighted by Crippen LogP contribution is -2.24. The Hall–Kier alpha value is -2.70. The molecule has 1 aromatic heterocycles. The maximum Gasteiger partial charge on any atom is 0.335 e. The summed E-state index contributed by atoms with van der Waals surface area (Å²) in [7, 11) is 0. The first-order valence-electron chi connectivity index (χ1n) is 6.12. The molecule has 7 nitrogen and oxygen atoms in total. The number of amides is 1. The minimum absolute atomic E-state index is 0.159. The molecule has 0 aliphatic heterocycles. The Balaban J connectivity index is 1.78. The van der Waals surface area contributed by atoms with Gasteiger partial charge >= 0.3 is 5.97 Å². The summed E-state index contributed by atoms with van der Waals surface area (Å²) in [5.41, 5.74) is 0.599. The van der Waals surface area contributed by atoms with Gasteiger partial charge in [0.15, 0.2) is 0 Å². The number of carboxylic acid groups (broad SMARTS) is 1. The highest BCUT2D eigenvalue weighted by molar-refractivity contribution is 5.95. The molecule has 7 heteroatoms. The highest BCUT2D eigenvalue weighted by atomic mass is 16.4. The number of aryl methyl sites for hydroxylation is 1. The number of carboxylic acids is 1. The van der Waals surface area contributed by atoms with E-state index in [1.54, 1.807) is 0 Å². The minimum atomic E-state index is -1.01. The molecule has 0 saturated carbocycles. The molecule has 2 rings (SSSR count). The van der Waals surface area contributed by atoms with Crippen molar-refractivity contribution < 1.29 is 14.7 Å². The standard InChI is InChI=1S/C13H14N4O3/c18-12(9-3-5-10(6-4-9)13(19)20)14-7-1-2-11-15-8-16-17-11/h3-6,8H,1-2,7H2,(H,14,18)(H,19,20)(H,15,16,17). The van der Waals surface area contributed by atoms with Gasteiger partial charge in [0, 0.05) is 18.5 Å². The van der Waals surface area contributed by atoms with E-state index in [2.05, 4.69) is 20.5 Å². The predicted molar refractivity (Wildman–Crippen MR) is 70.4 cm³/mol. The van der Waals surface area contributed by atoms with Crippen LogP contribution in [0.5, 0.6) is 0 Å². The molecule has 3 N–H and O–H groups in total. The normalized spacial score (nSPS) is 10.2. The predicted octanol–water partition coefficient (Wildman–Crippen LogP) is 0.865. The number of aromatic amines is 1. The number of rotatable bonds is 6. The van der Waals surface area contributed by atoms with Crippen LogP contribution in [0.3, 0.4) is 0 Å². The molecular weight excluding hydrogens is 260 g/mol. The molecule has 0 saturated heterocycles. The fourth-order valence-corrected chi connectivity index (χ4v) is 1.68. The van der Waals surface area contributed by atoms with Crippen LogP contribution in [-0.4, -0.2) is 38.7 Å². The van der Waals surface area contributed by atoms with Gasteiger partial charge in [-0.3, -0.25) is 9.89 Å². The fourth-order valence-electron chi connectivity index (χ4n) is 1.68. The molecule has 0 bridgehead atoms. The van der Waals surface area contributed by atoms with Crippen LogP contribution in [0.4, 0.5) is 0 Å². The average Bonchev–Trinajstić information content (AvgIpc) is 2.96. The van der Waals surface area contributed by atoms with Gasteiger partial charge in [0.25, 0.3) is 5.91 Å². The maximum absolute atomic E-state index is 11.8. The van der Waals surface area contributed by atoms with Crippen LogP contribution in [0, 0.1) is 0 Å². The zero-order chi connectivity index (χ0) is 14.4. The summed E-state index contributed by atoms with van der Waals surface area (Å²) in [5, 5.41) is 18.0. The van der Waals surface area contributed by atoms with Gasteiger partial charge in [-0.15, -0.1) is 0 Å². The molecule has 0 unspecified atom stereocenters. The van der Waals surface area contributed by atoms with E-state index in [4.69, 9.17) is 5.11 Å². The topological polar surface area (TPSA) is 108 Å². The van der Waals surface area contributed by atoms with Crippen molar-refractivity contribution in [1.82, 2.24) is 20.5 Å². The van der Waals surface area contributed by atoms with Gasteiger partial charge in [0.05, 0.1) is 5.56 Å². The van der Waals surface area contributed by atoms with Gasteiger partial charge in [-0.2, -0.15) is 5.10 Å². The van der Waals surface area contributed by atoms with Gasteiger partial charge in [0.1, 0.15) is 12.2 Å². The second kappa shape index (κ2) is 6.46. The van der Waals surface area contributed by atoms with E-state index >= 15 is 0 Å². The molecule has 2 aromatic rings. The minimum Gasteiger partial charge on any atom is -0.478 e. The first kappa shape index (κ1) is 13.7. The zero-order valence-electron chi connectivity index (χ0n) is 10.7. The van der Waals surface area contributed by atoms with Crippen molar-refractivity contribution in [1.29, 1.82) is 0 Å². The number of nitrogens with zero attached hydrogens (tertiary/aromatic N) is 2. The molecule has 0 radical (unpaired) electrons. The molecule has 0 aliphatic rings. The summed E-state index contributed by atoms with van der Waals surface area (Å²) >= 11 is 0. The maximum atomic E-state index is 11.8. The number of nitrogens with one attached hydrogen (secondary N) is 2. The quantitative estimate of drug-likeness (QED) is 0.677. The first-order chi connectivity index (χ1) is 9.66. The van der Waals surface area contributed by atoms with Gasteiger partial charge in [0.2, 0.25) is 0 Å². The largest absolute Gasteiger partial charge is 0.478 e. The number of hydrogen-bond acceptors (Lipinski definition) is 4. The highest BCUT2D eigenvalue weighted by Gasteiger charge is 2.07. The molecule has 1 amide bonds. The molecule has 0 atom stereocenters. The second-order valence-electron chi connectivity index (χ2n) is 4.17. The SMILES string of the molecule is O=C(O)c1ccc(C(=O)NCCCc2ncn[nH]2)cc1. The molecule has 20 heavy (non-hydrogen) atoms. The smallest absolute Gasteiger partial charge is 0.335 e. The Labute approximate surface area is 115 Å². The Morgan fingerprint density at radius 1 is 1.20 bits per heavy atom. The average molecular weight is 274 g/mol. The Morgan fingerprint density at radius 2 is 1.90 bits per heavy atom. The lowest BCUT2D eigenvalue weighted by Gasteiger charge is -2.04. The third kappa shape index (κ3) is 3.64. The summed E-state index contributed by atoms with van der Waals surface area (Å²) in [6.45, 7) is 0.514. The highest BCUT2D eigenvalue weighted by Crippen LogP contribution is 2.04. The molecule has 1 aromatic carbocycles. The van der Waals surface area contributed by atoms with Crippen LogP contribution in [0.1, 0.15) is 33.0 Å². The van der Waals surface area contributed by atoms with Crippen molar-refractivity contribution in [2.24, 2.45) is 0 Å². The Bertz CT molecular complexity index is 578. The van der Waals surface area contributed by atoms with Crippen LogP contribution in [0.25, 0.3) is 0 Å². The van der Waals surface area contributed by atoms with Crippen molar-refractivity contribution in [2.45, 2.75) is 12.8 Å². The molecule has 0 spiro atoms. The van der Waals surface area contributed by atoms with Crippen LogP contribution in [0.15, 0.2) is 30.6 Å². The van der Waals surface area contributed by atoms with E-state index in [1.807, 2.05) is 0 Å². The lowest BCUT2D eigenvalue weighted by molar-refractivity contribution is 0.0696. The Kier molecular flexibility index (Phi) is 4.43. The number of benzene rings is 1. The number of hydrogen-bond donors (Lipinski definition) is 3. The fraction of sp³-hybridized carbons (Fsp3) is 0.231. The molecule has 0 fully saturated rings. The monoisotopic (exact) mass is 274 g/mol. The second-order valence-corrected chi connectivity index (χ2v) is 4.17.